The van der Waals surface area contributed by atoms with Gasteiger partial charge in [-0.3, -0.25) is 4.98 Å². The van der Waals surface area contributed by atoms with Gasteiger partial charge in [-0.1, -0.05) is 32.0 Å². The Kier molecular flexibility index (Phi) is 7.80. The van der Waals surface area contributed by atoms with Crippen LogP contribution in [-0.4, -0.2) is 35.5 Å². The fourth-order valence-corrected chi connectivity index (χ4v) is 6.82. The molecule has 0 saturated carbocycles. The quantitative estimate of drug-likeness (QED) is 0.467. The second-order valence-electron chi connectivity index (χ2n) is 8.48. The molecule has 3 aromatic rings. The molecule has 0 aliphatic heterocycles. The van der Waals surface area contributed by atoms with Crippen LogP contribution in [0.4, 0.5) is 0 Å². The fourth-order valence-electron chi connectivity index (χ4n) is 3.72. The van der Waals surface area contributed by atoms with Crippen LogP contribution in [0.3, 0.4) is 0 Å². The maximum Gasteiger partial charge on any atom is 0.240 e. The minimum atomic E-state index is -3.99. The predicted molar refractivity (Wildman–Crippen MR) is 132 cm³/mol. The molecule has 0 bridgehead atoms. The van der Waals surface area contributed by atoms with E-state index in [1.165, 1.54) is 25.6 Å². The van der Waals surface area contributed by atoms with E-state index >= 15 is 0 Å². The highest BCUT2D eigenvalue weighted by Gasteiger charge is 2.31. The summed E-state index contributed by atoms with van der Waals surface area (Å²) in [5.74, 6) is 0.839. The fraction of sp³-hybridized carbons (Fsp3) is 0.320. The van der Waals surface area contributed by atoms with Gasteiger partial charge in [0, 0.05) is 18.9 Å². The summed E-state index contributed by atoms with van der Waals surface area (Å²) in [5, 5.41) is -1.15. The van der Waals surface area contributed by atoms with Gasteiger partial charge < -0.3 is 4.74 Å². The molecule has 0 fully saturated rings. The molecule has 7 nitrogen and oxygen atoms in total. The maximum atomic E-state index is 13.6. The third-order valence-corrected chi connectivity index (χ3v) is 9.43. The topological polar surface area (TPSA) is 102 Å². The van der Waals surface area contributed by atoms with Crippen LogP contribution in [0.5, 0.6) is 5.75 Å². The number of aromatic nitrogens is 1. The highest BCUT2D eigenvalue weighted by atomic mass is 32.2. The zero-order valence-electron chi connectivity index (χ0n) is 19.9. The van der Waals surface area contributed by atoms with Crippen molar-refractivity contribution in [2.75, 3.05) is 13.7 Å². The van der Waals surface area contributed by atoms with Crippen molar-refractivity contribution in [1.29, 1.82) is 0 Å². The molecule has 1 heterocycles. The number of nitrogens with one attached hydrogen (secondary N) is 1. The van der Waals surface area contributed by atoms with Crippen LogP contribution in [0.25, 0.3) is 0 Å². The largest absolute Gasteiger partial charge is 0.496 e. The van der Waals surface area contributed by atoms with Gasteiger partial charge >= 0.3 is 0 Å². The Bertz CT molecular complexity index is 1350. The van der Waals surface area contributed by atoms with Gasteiger partial charge in [-0.05, 0) is 72.4 Å². The van der Waals surface area contributed by atoms with Crippen molar-refractivity contribution in [2.45, 2.75) is 48.7 Å². The van der Waals surface area contributed by atoms with E-state index in [4.69, 9.17) is 4.74 Å². The molecule has 182 valence electrons. The second-order valence-corrected chi connectivity index (χ2v) is 12.3. The van der Waals surface area contributed by atoms with Crippen LogP contribution < -0.4 is 9.46 Å². The van der Waals surface area contributed by atoms with Crippen LogP contribution >= 0.6 is 0 Å². The molecule has 0 aliphatic carbocycles. The number of pyridine rings is 1. The molecule has 0 spiro atoms. The van der Waals surface area contributed by atoms with Gasteiger partial charge in [0.1, 0.15) is 11.0 Å². The Hall–Kier alpha value is -2.75. The number of hydrogen-bond acceptors (Lipinski definition) is 6. The van der Waals surface area contributed by atoms with E-state index in [0.717, 1.165) is 5.56 Å². The average molecular weight is 503 g/mol. The second kappa shape index (κ2) is 10.2. The highest BCUT2D eigenvalue weighted by molar-refractivity contribution is 7.92. The first-order valence-electron chi connectivity index (χ1n) is 10.9. The first-order chi connectivity index (χ1) is 16.0. The van der Waals surface area contributed by atoms with E-state index in [0.29, 0.717) is 22.4 Å². The van der Waals surface area contributed by atoms with Gasteiger partial charge in [-0.25, -0.2) is 21.6 Å². The molecule has 2 aromatic carbocycles. The molecule has 34 heavy (non-hydrogen) atoms. The van der Waals surface area contributed by atoms with Crippen molar-refractivity contribution in [1.82, 2.24) is 9.71 Å². The Morgan fingerprint density at radius 2 is 1.62 bits per heavy atom. The molecule has 9 heteroatoms. The molecule has 0 aliphatic rings. The van der Waals surface area contributed by atoms with Crippen molar-refractivity contribution >= 4 is 19.9 Å². The van der Waals surface area contributed by atoms with Crippen molar-refractivity contribution in [3.63, 3.8) is 0 Å². The Labute approximate surface area is 202 Å². The highest BCUT2D eigenvalue weighted by Crippen LogP contribution is 2.30. The summed E-state index contributed by atoms with van der Waals surface area (Å²) >= 11 is 0. The monoisotopic (exact) mass is 502 g/mol. The molecule has 1 unspecified atom stereocenters. The SMILES string of the molecule is COc1cc(C)c(S(=O)(=O)NCC(c2cccnc2)S(=O)(=O)c2ccc(C(C)C)cc2)cc1C. The van der Waals surface area contributed by atoms with Gasteiger partial charge in [0.05, 0.1) is 16.9 Å². The van der Waals surface area contributed by atoms with Gasteiger partial charge in [-0.2, -0.15) is 0 Å². The van der Waals surface area contributed by atoms with Crippen molar-refractivity contribution in [3.8, 4) is 5.75 Å². The van der Waals surface area contributed by atoms with E-state index in [1.54, 1.807) is 56.3 Å². The van der Waals surface area contributed by atoms with E-state index < -0.39 is 25.1 Å². The first-order valence-corrected chi connectivity index (χ1v) is 13.9. The average Bonchev–Trinajstić information content (AvgIpc) is 2.80. The normalized spacial score (nSPS) is 13.1. The third-order valence-electron chi connectivity index (χ3n) is 5.75. The summed E-state index contributed by atoms with van der Waals surface area (Å²) in [6.07, 6.45) is 2.99. The number of benzene rings is 2. The number of methoxy groups -OCH3 is 1. The number of aryl methyl sites for hydroxylation is 2. The Morgan fingerprint density at radius 1 is 0.941 bits per heavy atom. The predicted octanol–water partition coefficient (Wildman–Crippen LogP) is 4.32. The van der Waals surface area contributed by atoms with E-state index in [-0.39, 0.29) is 22.3 Å². The number of sulfone groups is 1. The molecular weight excluding hydrogens is 472 g/mol. The maximum absolute atomic E-state index is 13.6. The van der Waals surface area contributed by atoms with Gasteiger partial charge in [0.15, 0.2) is 9.84 Å². The minimum Gasteiger partial charge on any atom is -0.496 e. The van der Waals surface area contributed by atoms with Crippen LogP contribution in [0.15, 0.2) is 70.7 Å². The number of ether oxygens (including phenoxy) is 1. The summed E-state index contributed by atoms with van der Waals surface area (Å²) in [6.45, 7) is 7.13. The summed E-state index contributed by atoms with van der Waals surface area (Å²) in [5.41, 5.74) is 2.58. The lowest BCUT2D eigenvalue weighted by Gasteiger charge is -2.20. The number of rotatable bonds is 9. The summed E-state index contributed by atoms with van der Waals surface area (Å²) in [6, 6.07) is 13.1. The minimum absolute atomic E-state index is 0.0782. The van der Waals surface area contributed by atoms with Crippen LogP contribution in [0, 0.1) is 13.8 Å². The number of hydrogen-bond donors (Lipinski definition) is 1. The number of nitrogens with zero attached hydrogens (tertiary/aromatic N) is 1. The molecule has 1 atom stereocenters. The van der Waals surface area contributed by atoms with Crippen molar-refractivity contribution in [3.05, 3.63) is 83.2 Å². The van der Waals surface area contributed by atoms with E-state index in [9.17, 15) is 16.8 Å². The molecule has 0 radical (unpaired) electrons. The van der Waals surface area contributed by atoms with E-state index in [1.807, 2.05) is 13.8 Å². The Morgan fingerprint density at radius 3 is 2.18 bits per heavy atom. The zero-order chi connectivity index (χ0) is 25.1. The lowest BCUT2D eigenvalue weighted by atomic mass is 10.0. The molecule has 1 aromatic heterocycles. The first kappa shape index (κ1) is 25.9. The molecule has 0 saturated heterocycles. The third kappa shape index (κ3) is 5.48. The summed E-state index contributed by atoms with van der Waals surface area (Å²) in [4.78, 5) is 4.25. The van der Waals surface area contributed by atoms with Crippen LogP contribution in [-0.2, 0) is 19.9 Å². The smallest absolute Gasteiger partial charge is 0.240 e. The lowest BCUT2D eigenvalue weighted by Crippen LogP contribution is -2.32. The number of sulfonamides is 1. The van der Waals surface area contributed by atoms with Crippen molar-refractivity contribution < 1.29 is 21.6 Å². The summed E-state index contributed by atoms with van der Waals surface area (Å²) < 4.78 is 61.3. The van der Waals surface area contributed by atoms with Gasteiger partial charge in [-0.15, -0.1) is 0 Å². The molecule has 1 N–H and O–H groups in total. The van der Waals surface area contributed by atoms with Gasteiger partial charge in [0.2, 0.25) is 10.0 Å². The standard InChI is InChI=1S/C25H30N2O5S2/c1-17(2)20-8-10-22(11-9-20)33(28,29)25(21-7-6-12-26-15-21)16-27-34(30,31)24-14-18(3)23(32-5)13-19(24)4/h6-15,17,25,27H,16H2,1-5H3. The molecule has 3 rings (SSSR count). The van der Waals surface area contributed by atoms with Crippen LogP contribution in [0.2, 0.25) is 0 Å². The summed E-state index contributed by atoms with van der Waals surface area (Å²) in [7, 11) is -6.39. The van der Waals surface area contributed by atoms with Crippen LogP contribution in [0.1, 0.15) is 47.3 Å². The molecule has 0 amide bonds. The lowest BCUT2D eigenvalue weighted by molar-refractivity contribution is 0.411. The van der Waals surface area contributed by atoms with Gasteiger partial charge in [0.25, 0.3) is 0 Å². The molecular formula is C25H30N2O5S2. The Balaban J connectivity index is 1.97. The van der Waals surface area contributed by atoms with E-state index in [2.05, 4.69) is 9.71 Å². The zero-order valence-corrected chi connectivity index (χ0v) is 21.6. The van der Waals surface area contributed by atoms with Crippen molar-refractivity contribution in [2.24, 2.45) is 0 Å².